The molecule has 9 nitrogen and oxygen atoms in total. The first-order chi connectivity index (χ1) is 19.1. The van der Waals surface area contributed by atoms with E-state index < -0.39 is 0 Å². The molecule has 196 valence electrons. The summed E-state index contributed by atoms with van der Waals surface area (Å²) in [6.45, 7) is 0.302. The minimum atomic E-state index is -0.113. The number of aromatic nitrogens is 5. The van der Waals surface area contributed by atoms with Gasteiger partial charge < -0.3 is 14.8 Å². The highest BCUT2D eigenvalue weighted by Crippen LogP contribution is 2.43. The molecule has 6 aromatic rings. The molecule has 7 rings (SSSR count). The van der Waals surface area contributed by atoms with Gasteiger partial charge in [0.05, 0.1) is 29.2 Å². The fraction of sp³-hybridized carbons (Fsp3) is 0.222. The van der Waals surface area contributed by atoms with Crippen molar-refractivity contribution in [1.29, 1.82) is 0 Å². The summed E-state index contributed by atoms with van der Waals surface area (Å²) < 4.78 is 14.6. The maximum Gasteiger partial charge on any atom is 0.251 e. The minimum absolute atomic E-state index is 0.113. The molecular weight excluding hydrogens is 553 g/mol. The third-order valence-electron chi connectivity index (χ3n) is 6.42. The Morgan fingerprint density at radius 1 is 1.10 bits per heavy atom. The van der Waals surface area contributed by atoms with Crippen molar-refractivity contribution in [2.24, 2.45) is 0 Å². The van der Waals surface area contributed by atoms with Crippen LogP contribution in [0.5, 0.6) is 11.5 Å². The number of thiazole rings is 2. The second kappa shape index (κ2) is 9.70. The molecule has 1 saturated carbocycles. The van der Waals surface area contributed by atoms with Crippen LogP contribution in [0.2, 0.25) is 0 Å². The van der Waals surface area contributed by atoms with Crippen molar-refractivity contribution in [3.05, 3.63) is 64.2 Å². The van der Waals surface area contributed by atoms with Gasteiger partial charge >= 0.3 is 0 Å². The monoisotopic (exact) mass is 574 g/mol. The highest BCUT2D eigenvalue weighted by Gasteiger charge is 2.28. The van der Waals surface area contributed by atoms with Gasteiger partial charge in [-0.2, -0.15) is 5.10 Å². The molecule has 1 aliphatic rings. The number of carbonyl (C=O) groups excluding carboxylic acids is 1. The summed E-state index contributed by atoms with van der Waals surface area (Å²) >= 11 is 4.73. The summed E-state index contributed by atoms with van der Waals surface area (Å²) in [5.41, 5.74) is 3.98. The lowest BCUT2D eigenvalue weighted by Gasteiger charge is -2.07. The molecule has 1 fully saturated rings. The number of hydrogen-bond acceptors (Lipinski definition) is 10. The van der Waals surface area contributed by atoms with Gasteiger partial charge in [0.2, 0.25) is 4.96 Å². The van der Waals surface area contributed by atoms with E-state index in [1.54, 1.807) is 37.6 Å². The van der Waals surface area contributed by atoms with E-state index in [2.05, 4.69) is 5.32 Å². The van der Waals surface area contributed by atoms with Crippen LogP contribution in [0.25, 0.3) is 36.5 Å². The van der Waals surface area contributed by atoms with Crippen LogP contribution in [-0.4, -0.2) is 44.6 Å². The largest absolute Gasteiger partial charge is 0.497 e. The highest BCUT2D eigenvalue weighted by molar-refractivity contribution is 7.22. The van der Waals surface area contributed by atoms with Crippen LogP contribution in [0.3, 0.4) is 0 Å². The third-order valence-corrected chi connectivity index (χ3v) is 9.55. The van der Waals surface area contributed by atoms with Crippen LogP contribution in [0, 0.1) is 0 Å². The van der Waals surface area contributed by atoms with Crippen LogP contribution < -0.4 is 14.8 Å². The number of methoxy groups -OCH3 is 1. The second-order valence-electron chi connectivity index (χ2n) is 9.15. The molecular formula is C27H22N6O3S3. The lowest BCUT2D eigenvalue weighted by Crippen LogP contribution is -2.17. The van der Waals surface area contributed by atoms with Crippen molar-refractivity contribution in [2.45, 2.75) is 25.4 Å². The van der Waals surface area contributed by atoms with E-state index in [1.807, 2.05) is 40.4 Å². The Balaban J connectivity index is 1.13. The Bertz CT molecular complexity index is 1800. The number of rotatable bonds is 8. The molecule has 1 N–H and O–H groups in total. The molecule has 4 aromatic heterocycles. The van der Waals surface area contributed by atoms with Gasteiger partial charge in [-0.25, -0.2) is 19.5 Å². The van der Waals surface area contributed by atoms with Gasteiger partial charge in [0.25, 0.3) is 5.91 Å². The Hall–Kier alpha value is -3.87. The summed E-state index contributed by atoms with van der Waals surface area (Å²) in [7, 11) is 3.25. The standard InChI is InChI=1S/C27H22N6O3S3/c1-28-23(34)14-3-5-15(6-4-14)24-29-17(13-37-24)12-36-21-10-18(35-2)9-19-22(21)38-26(30-19)20-11-33-27(31-20)39-25(32-33)16-7-8-16/h3-6,9-11,13,16H,7-8,12H2,1-2H3,(H,28,34). The van der Waals surface area contributed by atoms with Gasteiger partial charge in [0.1, 0.15) is 38.8 Å². The third kappa shape index (κ3) is 4.64. The lowest BCUT2D eigenvalue weighted by atomic mass is 10.1. The molecule has 0 aliphatic heterocycles. The molecule has 4 heterocycles. The van der Waals surface area contributed by atoms with Crippen LogP contribution in [0.4, 0.5) is 0 Å². The van der Waals surface area contributed by atoms with Gasteiger partial charge in [0, 0.05) is 41.6 Å². The molecule has 0 atom stereocenters. The van der Waals surface area contributed by atoms with Gasteiger partial charge in [-0.15, -0.1) is 22.7 Å². The number of nitrogens with zero attached hydrogens (tertiary/aromatic N) is 5. The molecule has 1 aliphatic carbocycles. The summed E-state index contributed by atoms with van der Waals surface area (Å²) in [4.78, 5) is 27.1. The van der Waals surface area contributed by atoms with Crippen molar-refractivity contribution in [3.8, 4) is 32.8 Å². The summed E-state index contributed by atoms with van der Waals surface area (Å²) in [5, 5.41) is 12.2. The van der Waals surface area contributed by atoms with Crippen LogP contribution in [0.1, 0.15) is 39.8 Å². The predicted octanol–water partition coefficient (Wildman–Crippen LogP) is 6.02. The molecule has 0 saturated heterocycles. The van der Waals surface area contributed by atoms with Crippen molar-refractivity contribution >= 4 is 55.1 Å². The number of imidazole rings is 1. The number of fused-ring (bicyclic) bond motifs is 2. The van der Waals surface area contributed by atoms with E-state index >= 15 is 0 Å². The summed E-state index contributed by atoms with van der Waals surface area (Å²) in [5.74, 6) is 1.86. The maximum atomic E-state index is 11.8. The van der Waals surface area contributed by atoms with Crippen molar-refractivity contribution in [2.75, 3.05) is 14.2 Å². The zero-order valence-electron chi connectivity index (χ0n) is 21.0. The predicted molar refractivity (Wildman–Crippen MR) is 153 cm³/mol. The molecule has 0 bridgehead atoms. The average molecular weight is 575 g/mol. The number of nitrogens with one attached hydrogen (secondary N) is 1. The maximum absolute atomic E-state index is 11.8. The number of amides is 1. The summed E-state index contributed by atoms with van der Waals surface area (Å²) in [6, 6.07) is 11.2. The number of hydrogen-bond donors (Lipinski definition) is 1. The van der Waals surface area contributed by atoms with E-state index in [0.717, 1.165) is 42.1 Å². The Labute approximate surface area is 235 Å². The van der Waals surface area contributed by atoms with Gasteiger partial charge in [-0.05, 0) is 25.0 Å². The molecule has 2 aromatic carbocycles. The van der Waals surface area contributed by atoms with Crippen LogP contribution in [0.15, 0.2) is 48.0 Å². The van der Waals surface area contributed by atoms with E-state index in [1.165, 1.54) is 40.5 Å². The molecule has 12 heteroatoms. The zero-order chi connectivity index (χ0) is 26.5. The van der Waals surface area contributed by atoms with E-state index in [0.29, 0.717) is 29.6 Å². The smallest absolute Gasteiger partial charge is 0.251 e. The molecule has 0 unspecified atom stereocenters. The normalized spacial score (nSPS) is 13.3. The zero-order valence-corrected chi connectivity index (χ0v) is 23.5. The first kappa shape index (κ1) is 24.2. The van der Waals surface area contributed by atoms with Crippen molar-refractivity contribution < 1.29 is 14.3 Å². The first-order valence-electron chi connectivity index (χ1n) is 12.3. The number of carbonyl (C=O) groups is 1. The Morgan fingerprint density at radius 3 is 2.69 bits per heavy atom. The first-order valence-corrected chi connectivity index (χ1v) is 14.8. The second-order valence-corrected chi connectivity index (χ2v) is 12.0. The molecule has 39 heavy (non-hydrogen) atoms. The minimum Gasteiger partial charge on any atom is -0.497 e. The molecule has 0 radical (unpaired) electrons. The fourth-order valence-corrected chi connectivity index (χ4v) is 7.02. The Kier molecular flexibility index (Phi) is 6.02. The molecule has 0 spiro atoms. The molecule has 1 amide bonds. The van der Waals surface area contributed by atoms with Gasteiger partial charge in [-0.1, -0.05) is 23.5 Å². The number of benzene rings is 2. The highest BCUT2D eigenvalue weighted by atomic mass is 32.1. The van der Waals surface area contributed by atoms with E-state index in [9.17, 15) is 4.79 Å². The van der Waals surface area contributed by atoms with Crippen LogP contribution >= 0.6 is 34.0 Å². The van der Waals surface area contributed by atoms with Gasteiger partial charge in [0.15, 0.2) is 0 Å². The quantitative estimate of drug-likeness (QED) is 0.237. The van der Waals surface area contributed by atoms with Crippen molar-refractivity contribution in [3.63, 3.8) is 0 Å². The fourth-order valence-electron chi connectivity index (χ4n) is 4.19. The van der Waals surface area contributed by atoms with Crippen molar-refractivity contribution in [1.82, 2.24) is 29.9 Å². The topological polar surface area (TPSA) is 104 Å². The van der Waals surface area contributed by atoms with E-state index in [-0.39, 0.29) is 5.91 Å². The SMILES string of the molecule is CNC(=O)c1ccc(-c2nc(COc3cc(OC)cc4nc(-c5cn6nc(C7CC7)sc6n5)sc34)cs2)cc1. The average Bonchev–Trinajstić information content (AvgIpc) is 3.28. The van der Waals surface area contributed by atoms with Gasteiger partial charge in [-0.3, -0.25) is 4.79 Å². The Morgan fingerprint density at radius 2 is 1.95 bits per heavy atom. The lowest BCUT2D eigenvalue weighted by molar-refractivity contribution is 0.0963. The van der Waals surface area contributed by atoms with E-state index in [4.69, 9.17) is 29.5 Å². The van der Waals surface area contributed by atoms with Crippen LogP contribution in [-0.2, 0) is 6.61 Å². The summed E-state index contributed by atoms with van der Waals surface area (Å²) in [6.07, 6.45) is 4.39. The number of ether oxygens (including phenoxy) is 2.